The van der Waals surface area contributed by atoms with Gasteiger partial charge in [0.25, 0.3) is 0 Å². The molecule has 1 aromatic carbocycles. The predicted octanol–water partition coefficient (Wildman–Crippen LogP) is 3.91. The summed E-state index contributed by atoms with van der Waals surface area (Å²) in [5.41, 5.74) is 0.717. The summed E-state index contributed by atoms with van der Waals surface area (Å²) >= 11 is 3.38. The second-order valence-corrected chi connectivity index (χ2v) is 5.95. The van der Waals surface area contributed by atoms with Crippen LogP contribution in [0.25, 0.3) is 0 Å². The first-order valence-electron chi connectivity index (χ1n) is 6.07. The minimum absolute atomic E-state index is 0.0406. The Hall–Kier alpha value is -1.10. The van der Waals surface area contributed by atoms with Crippen molar-refractivity contribution in [3.63, 3.8) is 0 Å². The van der Waals surface area contributed by atoms with Crippen LogP contribution in [0.1, 0.15) is 15.2 Å². The Morgan fingerprint density at radius 2 is 2.05 bits per heavy atom. The summed E-state index contributed by atoms with van der Waals surface area (Å²) in [5, 5.41) is 2.05. The summed E-state index contributed by atoms with van der Waals surface area (Å²) in [6.07, 6.45) is 2.89. The van der Waals surface area contributed by atoms with Gasteiger partial charge in [0.2, 0.25) is 0 Å². The van der Waals surface area contributed by atoms with E-state index in [4.69, 9.17) is 4.74 Å². The summed E-state index contributed by atoms with van der Waals surface area (Å²) < 4.78 is 5.43. The highest BCUT2D eigenvalue weighted by atomic mass is 32.2. The van der Waals surface area contributed by atoms with Crippen LogP contribution in [-0.4, -0.2) is 25.3 Å². The maximum absolute atomic E-state index is 11.9. The number of hydrogen-bond acceptors (Lipinski definition) is 4. The Kier molecular flexibility index (Phi) is 5.63. The van der Waals surface area contributed by atoms with Gasteiger partial charge in [-0.25, -0.2) is 0 Å². The molecule has 0 spiro atoms. The number of carbonyl (C=O) groups excluding carboxylic acids is 1. The average Bonchev–Trinajstić information content (AvgIpc) is 2.96. The second-order valence-electron chi connectivity index (χ2n) is 4.03. The molecule has 4 heteroatoms. The van der Waals surface area contributed by atoms with E-state index in [2.05, 4.69) is 6.07 Å². The molecular formula is C15H16O2S2. The van der Waals surface area contributed by atoms with Crippen LogP contribution in [-0.2, 0) is 11.2 Å². The number of thioether (sulfide) groups is 1. The van der Waals surface area contributed by atoms with Crippen LogP contribution >= 0.6 is 23.1 Å². The highest BCUT2D eigenvalue weighted by molar-refractivity contribution is 7.98. The molecule has 0 fully saturated rings. The molecule has 0 saturated carbocycles. The van der Waals surface area contributed by atoms with Gasteiger partial charge in [-0.05, 0) is 29.8 Å². The zero-order valence-electron chi connectivity index (χ0n) is 10.8. The van der Waals surface area contributed by atoms with Crippen molar-refractivity contribution in [3.8, 4) is 0 Å². The van der Waals surface area contributed by atoms with Gasteiger partial charge in [0.15, 0.2) is 5.78 Å². The fraction of sp³-hybridized carbons (Fsp3) is 0.267. The Balaban J connectivity index is 1.74. The molecular weight excluding hydrogens is 276 g/mol. The molecule has 2 rings (SSSR count). The van der Waals surface area contributed by atoms with Crippen molar-refractivity contribution in [2.24, 2.45) is 0 Å². The predicted molar refractivity (Wildman–Crippen MR) is 81.4 cm³/mol. The van der Waals surface area contributed by atoms with Crippen LogP contribution in [0.3, 0.4) is 0 Å². The Bertz CT molecular complexity index is 503. The van der Waals surface area contributed by atoms with E-state index < -0.39 is 0 Å². The summed E-state index contributed by atoms with van der Waals surface area (Å²) in [6.45, 7) is 0.749. The summed E-state index contributed by atoms with van der Waals surface area (Å²) in [5.74, 6) is 0.0406. The van der Waals surface area contributed by atoms with Gasteiger partial charge >= 0.3 is 0 Å². The van der Waals surface area contributed by atoms with Crippen LogP contribution in [0.2, 0.25) is 0 Å². The van der Waals surface area contributed by atoms with Crippen LogP contribution in [0.4, 0.5) is 0 Å². The van der Waals surface area contributed by atoms with Crippen molar-refractivity contribution in [2.75, 3.05) is 19.5 Å². The van der Waals surface area contributed by atoms with Gasteiger partial charge in [0.1, 0.15) is 6.61 Å². The van der Waals surface area contributed by atoms with Gasteiger partial charge in [0, 0.05) is 21.8 Å². The molecule has 0 aliphatic heterocycles. The van der Waals surface area contributed by atoms with Crippen molar-refractivity contribution >= 4 is 28.9 Å². The molecule has 1 heterocycles. The molecule has 2 aromatic rings. The van der Waals surface area contributed by atoms with Gasteiger partial charge < -0.3 is 4.74 Å². The van der Waals surface area contributed by atoms with Crippen molar-refractivity contribution in [2.45, 2.75) is 11.3 Å². The number of Topliss-reactive ketones (excluding diaryl/α,β-unsaturated/α-hetero) is 1. The van der Waals surface area contributed by atoms with E-state index in [0.717, 1.165) is 11.3 Å². The molecule has 2 nitrogen and oxygen atoms in total. The first-order chi connectivity index (χ1) is 9.29. The monoisotopic (exact) mass is 292 g/mol. The lowest BCUT2D eigenvalue weighted by molar-refractivity contribution is 0.0766. The Labute approximate surface area is 121 Å². The van der Waals surface area contributed by atoms with Gasteiger partial charge in [-0.15, -0.1) is 23.1 Å². The molecule has 0 aliphatic carbocycles. The van der Waals surface area contributed by atoms with E-state index in [1.165, 1.54) is 4.88 Å². The third kappa shape index (κ3) is 4.49. The number of ketones is 1. The number of ether oxygens (including phenoxy) is 1. The van der Waals surface area contributed by atoms with Crippen LogP contribution in [0, 0.1) is 0 Å². The van der Waals surface area contributed by atoms with E-state index in [-0.39, 0.29) is 12.4 Å². The van der Waals surface area contributed by atoms with Gasteiger partial charge in [0.05, 0.1) is 6.61 Å². The third-order valence-electron chi connectivity index (χ3n) is 2.72. The van der Waals surface area contributed by atoms with Crippen molar-refractivity contribution in [3.05, 3.63) is 52.2 Å². The molecule has 0 unspecified atom stereocenters. The lowest BCUT2D eigenvalue weighted by Crippen LogP contribution is -2.10. The molecule has 100 valence electrons. The van der Waals surface area contributed by atoms with Gasteiger partial charge in [-0.2, -0.15) is 0 Å². The molecule has 0 bridgehead atoms. The largest absolute Gasteiger partial charge is 0.373 e. The number of benzene rings is 1. The van der Waals surface area contributed by atoms with Crippen LogP contribution in [0.5, 0.6) is 0 Å². The van der Waals surface area contributed by atoms with E-state index in [1.807, 2.05) is 42.0 Å². The van der Waals surface area contributed by atoms with E-state index in [0.29, 0.717) is 12.2 Å². The van der Waals surface area contributed by atoms with Crippen LogP contribution < -0.4 is 0 Å². The third-order valence-corrected chi connectivity index (χ3v) is 4.40. The van der Waals surface area contributed by atoms with E-state index >= 15 is 0 Å². The molecule has 0 atom stereocenters. The Morgan fingerprint density at radius 3 is 2.68 bits per heavy atom. The highest BCUT2D eigenvalue weighted by Crippen LogP contribution is 2.15. The van der Waals surface area contributed by atoms with E-state index in [1.54, 1.807) is 23.1 Å². The highest BCUT2D eigenvalue weighted by Gasteiger charge is 2.05. The van der Waals surface area contributed by atoms with Crippen molar-refractivity contribution in [1.82, 2.24) is 0 Å². The second kappa shape index (κ2) is 7.48. The molecule has 19 heavy (non-hydrogen) atoms. The average molecular weight is 292 g/mol. The zero-order chi connectivity index (χ0) is 13.5. The number of thiophene rings is 1. The first-order valence-corrected chi connectivity index (χ1v) is 8.17. The standard InChI is InChI=1S/C15H16O2S2/c1-18-13-6-4-12(5-7-13)15(16)11-17-9-8-14-3-2-10-19-14/h2-7,10H,8-9,11H2,1H3. The molecule has 0 aliphatic rings. The zero-order valence-corrected chi connectivity index (χ0v) is 12.4. The van der Waals surface area contributed by atoms with Crippen LogP contribution in [0.15, 0.2) is 46.7 Å². The lowest BCUT2D eigenvalue weighted by atomic mass is 10.1. The topological polar surface area (TPSA) is 26.3 Å². The maximum atomic E-state index is 11.9. The molecule has 0 saturated heterocycles. The quantitative estimate of drug-likeness (QED) is 0.440. The minimum Gasteiger partial charge on any atom is -0.373 e. The molecule has 1 aromatic heterocycles. The molecule has 0 N–H and O–H groups in total. The normalized spacial score (nSPS) is 10.6. The fourth-order valence-corrected chi connectivity index (χ4v) is 2.75. The SMILES string of the molecule is CSc1ccc(C(=O)COCCc2cccs2)cc1. The first kappa shape index (κ1) is 14.3. The number of carbonyl (C=O) groups is 1. The maximum Gasteiger partial charge on any atom is 0.188 e. The lowest BCUT2D eigenvalue weighted by Gasteiger charge is -2.04. The van der Waals surface area contributed by atoms with Crippen molar-refractivity contribution in [1.29, 1.82) is 0 Å². The number of hydrogen-bond donors (Lipinski definition) is 0. The fourth-order valence-electron chi connectivity index (χ4n) is 1.65. The molecule has 0 amide bonds. The molecule has 0 radical (unpaired) electrons. The van der Waals surface area contributed by atoms with Gasteiger partial charge in [-0.1, -0.05) is 18.2 Å². The summed E-state index contributed by atoms with van der Waals surface area (Å²) in [6, 6.07) is 11.7. The van der Waals surface area contributed by atoms with E-state index in [9.17, 15) is 4.79 Å². The Morgan fingerprint density at radius 1 is 1.26 bits per heavy atom. The minimum atomic E-state index is 0.0406. The number of rotatable bonds is 7. The summed E-state index contributed by atoms with van der Waals surface area (Å²) in [7, 11) is 0. The summed E-state index contributed by atoms with van der Waals surface area (Å²) in [4.78, 5) is 14.3. The van der Waals surface area contributed by atoms with Crippen molar-refractivity contribution < 1.29 is 9.53 Å². The van der Waals surface area contributed by atoms with Gasteiger partial charge in [-0.3, -0.25) is 4.79 Å². The smallest absolute Gasteiger partial charge is 0.188 e.